The van der Waals surface area contributed by atoms with Gasteiger partial charge in [-0.25, -0.2) is 9.97 Å². The van der Waals surface area contributed by atoms with Crippen molar-refractivity contribution in [2.45, 2.75) is 6.92 Å². The lowest BCUT2D eigenvalue weighted by atomic mass is 10.0. The van der Waals surface area contributed by atoms with Gasteiger partial charge < -0.3 is 9.47 Å². The first kappa shape index (κ1) is 23.2. The van der Waals surface area contributed by atoms with Crippen LogP contribution in [0.1, 0.15) is 32.1 Å². The summed E-state index contributed by atoms with van der Waals surface area (Å²) in [6, 6.07) is 19.1. The third-order valence-corrected chi connectivity index (χ3v) is 5.37. The van der Waals surface area contributed by atoms with Crippen molar-refractivity contribution in [3.05, 3.63) is 83.2 Å². The van der Waals surface area contributed by atoms with Gasteiger partial charge >= 0.3 is 0 Å². The smallest absolute Gasteiger partial charge is 0.288 e. The summed E-state index contributed by atoms with van der Waals surface area (Å²) >= 11 is 0. The van der Waals surface area contributed by atoms with E-state index in [1.54, 1.807) is 57.5 Å². The average Bonchev–Trinajstić information content (AvgIpc) is 2.90. The Morgan fingerprint density at radius 2 is 1.63 bits per heavy atom. The van der Waals surface area contributed by atoms with E-state index in [2.05, 4.69) is 20.8 Å². The Bertz CT molecular complexity index is 1490. The number of hydrogen-bond acceptors (Lipinski definition) is 7. The first-order valence-electron chi connectivity index (χ1n) is 10.6. The number of carbonyl (C=O) groups is 2. The number of nitriles is 1. The normalized spacial score (nSPS) is 10.3. The van der Waals surface area contributed by atoms with Crippen LogP contribution in [0, 0.1) is 18.3 Å². The van der Waals surface area contributed by atoms with Gasteiger partial charge in [0, 0.05) is 10.9 Å². The highest BCUT2D eigenvalue weighted by Gasteiger charge is 2.17. The van der Waals surface area contributed by atoms with Gasteiger partial charge in [0.15, 0.2) is 11.5 Å². The van der Waals surface area contributed by atoms with Crippen LogP contribution in [0.2, 0.25) is 0 Å². The highest BCUT2D eigenvalue weighted by Crippen LogP contribution is 2.33. The van der Waals surface area contributed by atoms with Crippen molar-refractivity contribution < 1.29 is 19.1 Å². The van der Waals surface area contributed by atoms with Gasteiger partial charge in [-0.1, -0.05) is 18.2 Å². The van der Waals surface area contributed by atoms with Crippen LogP contribution in [0.3, 0.4) is 0 Å². The lowest BCUT2D eigenvalue weighted by Gasteiger charge is -2.13. The number of carbonyl (C=O) groups excluding carboxylic acids is 2. The fourth-order valence-corrected chi connectivity index (χ4v) is 3.56. The van der Waals surface area contributed by atoms with Gasteiger partial charge in [-0.05, 0) is 49.4 Å². The molecule has 0 radical (unpaired) electrons. The predicted octanol–water partition coefficient (Wildman–Crippen LogP) is 3.57. The zero-order chi connectivity index (χ0) is 24.9. The van der Waals surface area contributed by atoms with Crippen LogP contribution in [-0.2, 0) is 0 Å². The number of benzene rings is 2. The molecule has 35 heavy (non-hydrogen) atoms. The van der Waals surface area contributed by atoms with E-state index >= 15 is 0 Å². The van der Waals surface area contributed by atoms with E-state index in [0.29, 0.717) is 44.9 Å². The van der Waals surface area contributed by atoms with Gasteiger partial charge in [-0.15, -0.1) is 0 Å². The van der Waals surface area contributed by atoms with Gasteiger partial charge in [0.05, 0.1) is 42.3 Å². The fourth-order valence-electron chi connectivity index (χ4n) is 3.56. The standard InChI is InChI=1S/C26H21N5O4/c1-15-17(14-27)8-10-21(28-15)26(33)31-30-25(32)19-13-22(29-20-7-5-4-6-18(19)20)16-9-11-23(34-2)24(12-16)35-3/h4-13H,1-3H3,(H,30,32)(H,31,33). The minimum atomic E-state index is -0.607. The number of methoxy groups -OCH3 is 2. The first-order chi connectivity index (χ1) is 16.9. The summed E-state index contributed by atoms with van der Waals surface area (Å²) in [5, 5.41) is 9.65. The van der Waals surface area contributed by atoms with Crippen molar-refractivity contribution in [2.75, 3.05) is 14.2 Å². The molecule has 2 N–H and O–H groups in total. The highest BCUT2D eigenvalue weighted by atomic mass is 16.5. The Morgan fingerprint density at radius 1 is 0.886 bits per heavy atom. The number of para-hydroxylation sites is 1. The summed E-state index contributed by atoms with van der Waals surface area (Å²) in [5.41, 5.74) is 7.90. The van der Waals surface area contributed by atoms with Crippen LogP contribution in [0.15, 0.2) is 60.7 Å². The maximum Gasteiger partial charge on any atom is 0.288 e. The number of aryl methyl sites for hydroxylation is 1. The molecule has 0 atom stereocenters. The average molecular weight is 467 g/mol. The van der Waals surface area contributed by atoms with E-state index in [1.807, 2.05) is 18.2 Å². The van der Waals surface area contributed by atoms with Crippen molar-refractivity contribution in [1.29, 1.82) is 5.26 Å². The van der Waals surface area contributed by atoms with E-state index in [1.165, 1.54) is 12.1 Å². The number of hydrogen-bond donors (Lipinski definition) is 2. The van der Waals surface area contributed by atoms with E-state index in [4.69, 9.17) is 14.7 Å². The zero-order valence-electron chi connectivity index (χ0n) is 19.2. The third-order valence-electron chi connectivity index (χ3n) is 5.37. The van der Waals surface area contributed by atoms with Crippen LogP contribution in [0.5, 0.6) is 11.5 Å². The van der Waals surface area contributed by atoms with Crippen molar-refractivity contribution in [2.24, 2.45) is 0 Å². The number of amides is 2. The number of aromatic nitrogens is 2. The molecule has 2 aromatic heterocycles. The molecule has 0 aliphatic carbocycles. The molecule has 9 heteroatoms. The van der Waals surface area contributed by atoms with Crippen molar-refractivity contribution in [3.8, 4) is 28.8 Å². The monoisotopic (exact) mass is 467 g/mol. The molecule has 0 aliphatic rings. The summed E-state index contributed by atoms with van der Waals surface area (Å²) in [6.45, 7) is 1.63. The second-order valence-corrected chi connectivity index (χ2v) is 7.49. The molecule has 0 fully saturated rings. The Kier molecular flexibility index (Phi) is 6.55. The van der Waals surface area contributed by atoms with E-state index < -0.39 is 11.8 Å². The van der Waals surface area contributed by atoms with E-state index in [0.717, 1.165) is 5.56 Å². The molecule has 174 valence electrons. The summed E-state index contributed by atoms with van der Waals surface area (Å²) in [6.07, 6.45) is 0. The molecule has 9 nitrogen and oxygen atoms in total. The summed E-state index contributed by atoms with van der Waals surface area (Å²) in [5.74, 6) is -0.0266. The molecule has 4 rings (SSSR count). The van der Waals surface area contributed by atoms with Gasteiger partial charge in [0.1, 0.15) is 11.8 Å². The first-order valence-corrected chi connectivity index (χ1v) is 10.6. The van der Waals surface area contributed by atoms with Crippen LogP contribution in [-0.4, -0.2) is 36.0 Å². The van der Waals surface area contributed by atoms with Crippen LogP contribution < -0.4 is 20.3 Å². The zero-order valence-corrected chi connectivity index (χ0v) is 19.2. The molecule has 0 saturated heterocycles. The molecular weight excluding hydrogens is 446 g/mol. The topological polar surface area (TPSA) is 126 Å². The SMILES string of the molecule is COc1ccc(-c2cc(C(=O)NNC(=O)c3ccc(C#N)c(C)n3)c3ccccc3n2)cc1OC. The number of pyridine rings is 2. The molecule has 0 bridgehead atoms. The molecule has 2 aromatic carbocycles. The maximum absolute atomic E-state index is 13.1. The number of ether oxygens (including phenoxy) is 2. The maximum atomic E-state index is 13.1. The Hall–Kier alpha value is -4.97. The van der Waals surface area contributed by atoms with Crippen molar-refractivity contribution in [3.63, 3.8) is 0 Å². The summed E-state index contributed by atoms with van der Waals surface area (Å²) in [7, 11) is 3.10. The Morgan fingerprint density at radius 3 is 2.34 bits per heavy atom. The number of fused-ring (bicyclic) bond motifs is 1. The minimum absolute atomic E-state index is 0.0763. The highest BCUT2D eigenvalue weighted by molar-refractivity contribution is 6.08. The molecule has 4 aromatic rings. The van der Waals surface area contributed by atoms with Crippen LogP contribution in [0.4, 0.5) is 0 Å². The van der Waals surface area contributed by atoms with Crippen LogP contribution >= 0.6 is 0 Å². The number of nitrogens with zero attached hydrogens (tertiary/aromatic N) is 3. The quantitative estimate of drug-likeness (QED) is 0.430. The molecule has 2 heterocycles. The summed E-state index contributed by atoms with van der Waals surface area (Å²) in [4.78, 5) is 34.4. The van der Waals surface area contributed by atoms with Gasteiger partial charge in [-0.3, -0.25) is 20.4 Å². The number of rotatable bonds is 5. The van der Waals surface area contributed by atoms with Gasteiger partial charge in [0.25, 0.3) is 11.8 Å². The van der Waals surface area contributed by atoms with Gasteiger partial charge in [-0.2, -0.15) is 5.26 Å². The second kappa shape index (κ2) is 9.89. The number of nitrogens with one attached hydrogen (secondary N) is 2. The molecule has 0 spiro atoms. The lowest BCUT2D eigenvalue weighted by molar-refractivity contribution is 0.0844. The van der Waals surface area contributed by atoms with E-state index in [-0.39, 0.29) is 5.69 Å². The Balaban J connectivity index is 1.64. The van der Waals surface area contributed by atoms with Gasteiger partial charge in [0.2, 0.25) is 0 Å². The number of hydrazine groups is 1. The van der Waals surface area contributed by atoms with Crippen molar-refractivity contribution in [1.82, 2.24) is 20.8 Å². The summed E-state index contributed by atoms with van der Waals surface area (Å²) < 4.78 is 10.7. The van der Waals surface area contributed by atoms with Crippen molar-refractivity contribution >= 4 is 22.7 Å². The van der Waals surface area contributed by atoms with E-state index in [9.17, 15) is 9.59 Å². The Labute approximate surface area is 201 Å². The molecule has 0 aliphatic heterocycles. The lowest BCUT2D eigenvalue weighted by Crippen LogP contribution is -2.42. The van der Waals surface area contributed by atoms with Crippen LogP contribution in [0.25, 0.3) is 22.2 Å². The fraction of sp³-hybridized carbons (Fsp3) is 0.115. The minimum Gasteiger partial charge on any atom is -0.493 e. The largest absolute Gasteiger partial charge is 0.493 e. The second-order valence-electron chi connectivity index (χ2n) is 7.49. The molecule has 0 unspecified atom stereocenters. The molecular formula is C26H21N5O4. The molecule has 0 saturated carbocycles. The third kappa shape index (κ3) is 4.72. The predicted molar refractivity (Wildman–Crippen MR) is 129 cm³/mol. The molecule has 2 amide bonds.